The van der Waals surface area contributed by atoms with Gasteiger partial charge in [0.15, 0.2) is 5.17 Å². The lowest BCUT2D eigenvalue weighted by Gasteiger charge is -2.21. The number of hydrogen-bond donors (Lipinski definition) is 1. The van der Waals surface area contributed by atoms with Gasteiger partial charge >= 0.3 is 0 Å². The van der Waals surface area contributed by atoms with Crippen LogP contribution in [0.1, 0.15) is 38.3 Å². The zero-order valence-electron chi connectivity index (χ0n) is 12.4. The third-order valence-electron chi connectivity index (χ3n) is 3.08. The van der Waals surface area contributed by atoms with Crippen LogP contribution in [0.4, 0.5) is 0 Å². The molecule has 1 atom stereocenters. The highest BCUT2D eigenvalue weighted by Gasteiger charge is 2.24. The number of thioether (sulfide) groups is 1. The van der Waals surface area contributed by atoms with E-state index in [-0.39, 0.29) is 0 Å². The molecule has 0 fully saturated rings. The number of nitrogens with zero attached hydrogens (tertiary/aromatic N) is 1. The number of hydrogen-bond acceptors (Lipinski definition) is 3. The number of benzene rings is 1. The number of amidine groups is 1. The Balaban J connectivity index is 1.79. The molecule has 0 bridgehead atoms. The van der Waals surface area contributed by atoms with Crippen LogP contribution in [0.25, 0.3) is 0 Å². The van der Waals surface area contributed by atoms with Crippen LogP contribution < -0.4 is 5.32 Å². The predicted octanol–water partition coefficient (Wildman–Crippen LogP) is 3.99. The maximum absolute atomic E-state index is 4.61. The molecule has 0 aromatic heterocycles. The molecule has 104 valence electrons. The maximum Gasteiger partial charge on any atom is 0.157 e. The number of aryl methyl sites for hydroxylation is 1. The highest BCUT2D eigenvalue weighted by Crippen LogP contribution is 2.31. The van der Waals surface area contributed by atoms with Crippen LogP contribution in [-0.2, 0) is 6.54 Å². The Hall–Kier alpha value is -0.960. The maximum atomic E-state index is 4.61. The molecule has 0 saturated heterocycles. The van der Waals surface area contributed by atoms with Crippen molar-refractivity contribution in [3.8, 4) is 0 Å². The summed E-state index contributed by atoms with van der Waals surface area (Å²) in [5.74, 6) is 0. The Labute approximate surface area is 121 Å². The van der Waals surface area contributed by atoms with E-state index in [4.69, 9.17) is 0 Å². The van der Waals surface area contributed by atoms with Gasteiger partial charge in [0, 0.05) is 11.8 Å². The van der Waals surface area contributed by atoms with E-state index in [1.54, 1.807) is 0 Å². The van der Waals surface area contributed by atoms with E-state index < -0.39 is 0 Å². The molecule has 1 aliphatic heterocycles. The number of nitrogens with one attached hydrogen (secondary N) is 1. The first-order valence-corrected chi connectivity index (χ1v) is 7.81. The Morgan fingerprint density at radius 2 is 2.16 bits per heavy atom. The summed E-state index contributed by atoms with van der Waals surface area (Å²) >= 11 is 1.90. The van der Waals surface area contributed by atoms with E-state index >= 15 is 0 Å². The monoisotopic (exact) mass is 276 g/mol. The van der Waals surface area contributed by atoms with Crippen LogP contribution in [0.5, 0.6) is 0 Å². The zero-order valence-corrected chi connectivity index (χ0v) is 13.2. The zero-order chi connectivity index (χ0) is 13.9. The number of rotatable bonds is 3. The van der Waals surface area contributed by atoms with Gasteiger partial charge in [-0.1, -0.05) is 62.4 Å². The minimum atomic E-state index is 0.388. The molecule has 1 aromatic carbocycles. The van der Waals surface area contributed by atoms with Crippen molar-refractivity contribution in [1.82, 2.24) is 5.32 Å². The second-order valence-corrected chi connectivity index (χ2v) is 7.78. The third-order valence-corrected chi connectivity index (χ3v) is 4.23. The summed E-state index contributed by atoms with van der Waals surface area (Å²) in [6.07, 6.45) is 1.22. The van der Waals surface area contributed by atoms with E-state index in [0.29, 0.717) is 10.7 Å². The topological polar surface area (TPSA) is 24.4 Å². The number of aliphatic imine (C=N–C) groups is 1. The Morgan fingerprint density at radius 1 is 1.37 bits per heavy atom. The Kier molecular flexibility index (Phi) is 4.56. The molecular formula is C16H24N2S. The van der Waals surface area contributed by atoms with Crippen LogP contribution in [0.3, 0.4) is 0 Å². The van der Waals surface area contributed by atoms with Gasteiger partial charge in [-0.2, -0.15) is 0 Å². The molecule has 0 radical (unpaired) electrons. The van der Waals surface area contributed by atoms with Gasteiger partial charge in [0.05, 0.1) is 6.54 Å². The molecule has 1 unspecified atom stereocenters. The highest BCUT2D eigenvalue weighted by atomic mass is 32.2. The molecule has 0 amide bonds. The molecule has 0 spiro atoms. The standard InChI is InChI=1S/C16H24N2S/c1-12-6-5-7-13(8-12)10-17-15-18-11-14(19-15)9-16(2,3)4/h5-8,14H,9-11H2,1-4H3,(H,17,18). The van der Waals surface area contributed by atoms with Crippen molar-refractivity contribution in [3.63, 3.8) is 0 Å². The van der Waals surface area contributed by atoms with Crippen molar-refractivity contribution in [2.75, 3.05) is 6.54 Å². The van der Waals surface area contributed by atoms with Crippen LogP contribution in [0.2, 0.25) is 0 Å². The molecule has 19 heavy (non-hydrogen) atoms. The molecule has 2 nitrogen and oxygen atoms in total. The van der Waals surface area contributed by atoms with E-state index in [0.717, 1.165) is 18.3 Å². The normalized spacial score (nSPS) is 19.4. The summed E-state index contributed by atoms with van der Waals surface area (Å²) < 4.78 is 0. The fourth-order valence-electron chi connectivity index (χ4n) is 2.30. The first-order chi connectivity index (χ1) is 8.92. The summed E-state index contributed by atoms with van der Waals surface area (Å²) in [7, 11) is 0. The SMILES string of the molecule is Cc1cccc(CNC2=NCC(CC(C)(C)C)S2)c1. The molecule has 1 aliphatic rings. The second-order valence-electron chi connectivity index (χ2n) is 6.49. The molecule has 3 heteroatoms. The van der Waals surface area contributed by atoms with Gasteiger partial charge < -0.3 is 5.32 Å². The molecule has 1 N–H and O–H groups in total. The van der Waals surface area contributed by atoms with Crippen molar-refractivity contribution in [3.05, 3.63) is 35.4 Å². The summed E-state index contributed by atoms with van der Waals surface area (Å²) in [5, 5.41) is 5.20. The van der Waals surface area contributed by atoms with E-state index in [2.05, 4.69) is 62.3 Å². The van der Waals surface area contributed by atoms with Gasteiger partial charge in [0.1, 0.15) is 0 Å². The largest absolute Gasteiger partial charge is 0.361 e. The highest BCUT2D eigenvalue weighted by molar-refractivity contribution is 8.14. The summed E-state index contributed by atoms with van der Waals surface area (Å²) in [4.78, 5) is 4.61. The van der Waals surface area contributed by atoms with Crippen molar-refractivity contribution >= 4 is 16.9 Å². The van der Waals surface area contributed by atoms with Gasteiger partial charge in [-0.05, 0) is 24.3 Å². The predicted molar refractivity (Wildman–Crippen MR) is 85.8 cm³/mol. The Morgan fingerprint density at radius 3 is 2.84 bits per heavy atom. The van der Waals surface area contributed by atoms with E-state index in [1.165, 1.54) is 17.5 Å². The van der Waals surface area contributed by atoms with Gasteiger partial charge in [-0.3, -0.25) is 4.99 Å². The van der Waals surface area contributed by atoms with E-state index in [9.17, 15) is 0 Å². The summed E-state index contributed by atoms with van der Waals surface area (Å²) in [6, 6.07) is 8.62. The van der Waals surface area contributed by atoms with Gasteiger partial charge in [0.2, 0.25) is 0 Å². The molecule has 0 aliphatic carbocycles. The fourth-order valence-corrected chi connectivity index (χ4v) is 3.66. The van der Waals surface area contributed by atoms with Crippen LogP contribution in [0, 0.1) is 12.3 Å². The second kappa shape index (κ2) is 6.00. The molecule has 2 rings (SSSR count). The molecule has 0 saturated carbocycles. The molecule has 1 aromatic rings. The minimum Gasteiger partial charge on any atom is -0.361 e. The quantitative estimate of drug-likeness (QED) is 0.902. The van der Waals surface area contributed by atoms with Crippen molar-refractivity contribution < 1.29 is 0 Å². The minimum absolute atomic E-state index is 0.388. The molecular weight excluding hydrogens is 252 g/mol. The van der Waals surface area contributed by atoms with Gasteiger partial charge in [-0.25, -0.2) is 0 Å². The lowest BCUT2D eigenvalue weighted by Crippen LogP contribution is -2.20. The van der Waals surface area contributed by atoms with Gasteiger partial charge in [-0.15, -0.1) is 0 Å². The van der Waals surface area contributed by atoms with Crippen LogP contribution in [-0.4, -0.2) is 17.0 Å². The fraction of sp³-hybridized carbons (Fsp3) is 0.562. The van der Waals surface area contributed by atoms with Crippen molar-refractivity contribution in [2.24, 2.45) is 10.4 Å². The lowest BCUT2D eigenvalue weighted by molar-refractivity contribution is 0.375. The van der Waals surface area contributed by atoms with Crippen molar-refractivity contribution in [2.45, 2.75) is 45.9 Å². The summed E-state index contributed by atoms with van der Waals surface area (Å²) in [5.41, 5.74) is 3.02. The Bertz CT molecular complexity index is 460. The summed E-state index contributed by atoms with van der Waals surface area (Å²) in [6.45, 7) is 10.8. The third kappa shape index (κ3) is 4.90. The van der Waals surface area contributed by atoms with E-state index in [1.807, 2.05) is 11.8 Å². The average Bonchev–Trinajstić information content (AvgIpc) is 2.72. The van der Waals surface area contributed by atoms with Crippen molar-refractivity contribution in [1.29, 1.82) is 0 Å². The molecule has 1 heterocycles. The first-order valence-electron chi connectivity index (χ1n) is 6.93. The first kappa shape index (κ1) is 14.4. The van der Waals surface area contributed by atoms with Crippen LogP contribution >= 0.6 is 11.8 Å². The average molecular weight is 276 g/mol. The smallest absolute Gasteiger partial charge is 0.157 e. The van der Waals surface area contributed by atoms with Crippen LogP contribution in [0.15, 0.2) is 29.3 Å². The van der Waals surface area contributed by atoms with Gasteiger partial charge in [0.25, 0.3) is 0 Å². The lowest BCUT2D eigenvalue weighted by atomic mass is 9.90.